The van der Waals surface area contributed by atoms with Crippen LogP contribution in [0.5, 0.6) is 0 Å². The molecule has 1 heterocycles. The van der Waals surface area contributed by atoms with Gasteiger partial charge in [0.25, 0.3) is 0 Å². The quantitative estimate of drug-likeness (QED) is 0.504. The fraction of sp³-hybridized carbons (Fsp3) is 0.435. The molecule has 2 aromatic rings. The Morgan fingerprint density at radius 2 is 1.88 bits per heavy atom. The zero-order valence-corrected chi connectivity index (χ0v) is 20.2. The zero-order chi connectivity index (χ0) is 24.7. The van der Waals surface area contributed by atoms with Gasteiger partial charge in [0.2, 0.25) is 5.95 Å². The van der Waals surface area contributed by atoms with Gasteiger partial charge < -0.3 is 14.9 Å². The number of hydrogen-bond donors (Lipinski definition) is 2. The number of esters is 1. The maximum absolute atomic E-state index is 13.5. The molecule has 0 aliphatic rings. The third-order valence-corrected chi connectivity index (χ3v) is 5.86. The molecule has 8 nitrogen and oxygen atoms in total. The van der Waals surface area contributed by atoms with E-state index in [1.165, 1.54) is 35.9 Å². The van der Waals surface area contributed by atoms with E-state index in [1.807, 2.05) is 13.8 Å². The van der Waals surface area contributed by atoms with Crippen molar-refractivity contribution < 1.29 is 28.3 Å². The van der Waals surface area contributed by atoms with E-state index in [0.29, 0.717) is 22.5 Å². The van der Waals surface area contributed by atoms with Gasteiger partial charge >= 0.3 is 5.97 Å². The van der Waals surface area contributed by atoms with Crippen LogP contribution < -0.4 is 4.31 Å². The van der Waals surface area contributed by atoms with Crippen LogP contribution in [0.4, 0.5) is 10.3 Å². The summed E-state index contributed by atoms with van der Waals surface area (Å²) in [7, 11) is 1.49. The van der Waals surface area contributed by atoms with E-state index in [1.54, 1.807) is 25.3 Å². The fourth-order valence-corrected chi connectivity index (χ4v) is 3.40. The molecule has 0 bridgehead atoms. The predicted octanol–water partition coefficient (Wildman–Crippen LogP) is 2.82. The van der Waals surface area contributed by atoms with E-state index in [4.69, 9.17) is 0 Å². The number of aliphatic hydroxyl groups is 2. The summed E-state index contributed by atoms with van der Waals surface area (Å²) in [6.45, 7) is 3.88. The van der Waals surface area contributed by atoms with Gasteiger partial charge in [-0.2, -0.15) is 0 Å². The maximum Gasteiger partial charge on any atom is 0.308 e. The van der Waals surface area contributed by atoms with Crippen molar-refractivity contribution in [1.82, 2.24) is 9.97 Å². The largest absolute Gasteiger partial charge is 0.469 e. The van der Waals surface area contributed by atoms with E-state index in [0.717, 1.165) is 0 Å². The Hall–Kier alpha value is -2.69. The standard InChI is InChI=1S/C23H30FN3O5S/c1-14(2)21-19(11-10-17(28)12-18(29)13-20(30)32-4)22(15-6-8-16(24)9-7-15)26-23(25-21)27(3)33(5)31/h6-11,14,17-18,28-29H,12-13H2,1-5H3/b11-10+. The van der Waals surface area contributed by atoms with Gasteiger partial charge in [-0.15, -0.1) is 0 Å². The van der Waals surface area contributed by atoms with Crippen LogP contribution in [0.25, 0.3) is 17.3 Å². The third-order valence-electron chi connectivity index (χ3n) is 4.92. The summed E-state index contributed by atoms with van der Waals surface area (Å²) in [5, 5.41) is 20.4. The van der Waals surface area contributed by atoms with E-state index in [2.05, 4.69) is 14.7 Å². The topological polar surface area (TPSA) is 113 Å². The highest BCUT2D eigenvalue weighted by Crippen LogP contribution is 2.31. The number of rotatable bonds is 10. The minimum Gasteiger partial charge on any atom is -0.469 e. The lowest BCUT2D eigenvalue weighted by molar-refractivity contribution is -0.143. The number of benzene rings is 1. The van der Waals surface area contributed by atoms with Gasteiger partial charge in [-0.1, -0.05) is 26.0 Å². The third kappa shape index (κ3) is 7.41. The highest BCUT2D eigenvalue weighted by atomic mass is 32.2. The van der Waals surface area contributed by atoms with Gasteiger partial charge in [0.15, 0.2) is 0 Å². The molecule has 33 heavy (non-hydrogen) atoms. The van der Waals surface area contributed by atoms with Gasteiger partial charge in [-0.05, 0) is 30.2 Å². The number of aliphatic hydroxyl groups excluding tert-OH is 2. The molecule has 0 amide bonds. The highest BCUT2D eigenvalue weighted by Gasteiger charge is 2.20. The van der Waals surface area contributed by atoms with Crippen molar-refractivity contribution in [3.05, 3.63) is 47.4 Å². The summed E-state index contributed by atoms with van der Waals surface area (Å²) in [6.07, 6.45) is 2.25. The number of anilines is 1. The van der Waals surface area contributed by atoms with E-state index >= 15 is 0 Å². The lowest BCUT2D eigenvalue weighted by atomic mass is 9.97. The van der Waals surface area contributed by atoms with Crippen LogP contribution in [0.2, 0.25) is 0 Å². The van der Waals surface area contributed by atoms with Crippen LogP contribution in [-0.2, 0) is 20.5 Å². The van der Waals surface area contributed by atoms with Gasteiger partial charge in [-0.25, -0.2) is 18.6 Å². The highest BCUT2D eigenvalue weighted by molar-refractivity contribution is 7.85. The van der Waals surface area contributed by atoms with Crippen molar-refractivity contribution in [2.75, 3.05) is 24.7 Å². The second-order valence-electron chi connectivity index (χ2n) is 7.85. The minimum absolute atomic E-state index is 0.0497. The Kier molecular flexibility index (Phi) is 9.63. The molecule has 0 saturated carbocycles. The fourth-order valence-electron chi connectivity index (χ4n) is 3.09. The van der Waals surface area contributed by atoms with Gasteiger partial charge in [0.05, 0.1) is 37.1 Å². The molecule has 0 radical (unpaired) electrons. The van der Waals surface area contributed by atoms with Crippen LogP contribution in [0.15, 0.2) is 30.3 Å². The van der Waals surface area contributed by atoms with Crippen LogP contribution in [0, 0.1) is 5.82 Å². The Balaban J connectivity index is 2.52. The predicted molar refractivity (Wildman–Crippen MR) is 126 cm³/mol. The number of halogens is 1. The Labute approximate surface area is 195 Å². The lowest BCUT2D eigenvalue weighted by Crippen LogP contribution is -2.23. The molecule has 1 aromatic carbocycles. The molecule has 0 aliphatic heterocycles. The lowest BCUT2D eigenvalue weighted by Gasteiger charge is -2.20. The molecule has 180 valence electrons. The Morgan fingerprint density at radius 3 is 2.42 bits per heavy atom. The summed E-state index contributed by atoms with van der Waals surface area (Å²) < 4.78 is 31.5. The molecule has 2 rings (SSSR count). The summed E-state index contributed by atoms with van der Waals surface area (Å²) in [4.78, 5) is 20.5. The average Bonchev–Trinajstić information content (AvgIpc) is 2.76. The van der Waals surface area contributed by atoms with Crippen LogP contribution in [0.1, 0.15) is 43.9 Å². The molecule has 3 unspecified atom stereocenters. The zero-order valence-electron chi connectivity index (χ0n) is 19.4. The number of hydrogen-bond acceptors (Lipinski definition) is 7. The number of carbonyl (C=O) groups is 1. The minimum atomic E-state index is -1.36. The first kappa shape index (κ1) is 26.6. The van der Waals surface area contributed by atoms with E-state index in [9.17, 15) is 23.6 Å². The summed E-state index contributed by atoms with van der Waals surface area (Å²) in [5.74, 6) is -0.756. The first-order valence-corrected chi connectivity index (χ1v) is 11.9. The summed E-state index contributed by atoms with van der Waals surface area (Å²) >= 11 is 0. The van der Waals surface area contributed by atoms with Crippen molar-refractivity contribution in [2.45, 2.75) is 44.8 Å². The smallest absolute Gasteiger partial charge is 0.308 e. The number of nitrogens with zero attached hydrogens (tertiary/aromatic N) is 3. The van der Waals surface area contributed by atoms with Crippen molar-refractivity contribution in [1.29, 1.82) is 0 Å². The molecular weight excluding hydrogens is 449 g/mol. The van der Waals surface area contributed by atoms with Crippen LogP contribution in [0.3, 0.4) is 0 Å². The van der Waals surface area contributed by atoms with Crippen LogP contribution >= 0.6 is 0 Å². The monoisotopic (exact) mass is 479 g/mol. The molecule has 0 fully saturated rings. The second-order valence-corrected chi connectivity index (χ2v) is 9.25. The molecule has 0 aliphatic carbocycles. The van der Waals surface area contributed by atoms with E-state index < -0.39 is 35.0 Å². The van der Waals surface area contributed by atoms with E-state index in [-0.39, 0.29) is 24.7 Å². The molecule has 2 N–H and O–H groups in total. The van der Waals surface area contributed by atoms with Crippen LogP contribution in [-0.4, -0.2) is 63.0 Å². The summed E-state index contributed by atoms with van der Waals surface area (Å²) in [5.41, 5.74) is 2.36. The normalized spacial score (nSPS) is 14.3. The van der Waals surface area contributed by atoms with Gasteiger partial charge in [0.1, 0.15) is 16.8 Å². The first-order valence-electron chi connectivity index (χ1n) is 10.4. The molecular formula is C23H30FN3O5S. The summed E-state index contributed by atoms with van der Waals surface area (Å²) in [6, 6.07) is 5.81. The number of methoxy groups -OCH3 is 1. The first-order chi connectivity index (χ1) is 15.5. The average molecular weight is 480 g/mol. The molecule has 0 saturated heterocycles. The number of carbonyl (C=O) groups excluding carboxylic acids is 1. The van der Waals surface area contributed by atoms with Crippen molar-refractivity contribution in [3.63, 3.8) is 0 Å². The molecule has 1 aromatic heterocycles. The van der Waals surface area contributed by atoms with Crippen molar-refractivity contribution in [3.8, 4) is 11.3 Å². The maximum atomic E-state index is 13.5. The Morgan fingerprint density at radius 1 is 1.24 bits per heavy atom. The molecule has 10 heteroatoms. The van der Waals surface area contributed by atoms with Crippen molar-refractivity contribution >= 4 is 29.0 Å². The number of aromatic nitrogens is 2. The Bertz CT molecular complexity index is 1010. The van der Waals surface area contributed by atoms with Gasteiger partial charge in [-0.3, -0.25) is 9.10 Å². The molecule has 3 atom stereocenters. The van der Waals surface area contributed by atoms with Crippen molar-refractivity contribution in [2.24, 2.45) is 0 Å². The molecule has 0 spiro atoms. The van der Waals surface area contributed by atoms with Gasteiger partial charge in [0, 0.05) is 30.9 Å². The SMILES string of the molecule is COC(=O)CC(O)CC(O)/C=C/c1c(-c2ccc(F)cc2)nc(N(C)S(C)=O)nc1C(C)C. The second kappa shape index (κ2) is 12.0. The number of ether oxygens (including phenoxy) is 1.